The molecule has 0 fully saturated rings. The van der Waals surface area contributed by atoms with Gasteiger partial charge in [-0.15, -0.1) is 0 Å². The second-order valence-electron chi connectivity index (χ2n) is 5.81. The van der Waals surface area contributed by atoms with E-state index in [0.717, 1.165) is 11.1 Å². The van der Waals surface area contributed by atoms with Crippen LogP contribution in [0.2, 0.25) is 0 Å². The Hall–Kier alpha value is -2.47. The molecule has 132 valence electrons. The van der Waals surface area contributed by atoms with Gasteiger partial charge in [-0.1, -0.05) is 24.3 Å². The van der Waals surface area contributed by atoms with E-state index in [4.69, 9.17) is 4.74 Å². The van der Waals surface area contributed by atoms with Crippen LogP contribution in [-0.2, 0) is 20.3 Å². The van der Waals surface area contributed by atoms with Crippen LogP contribution in [-0.4, -0.2) is 28.4 Å². The highest BCUT2D eigenvalue weighted by Gasteiger charge is 2.22. The SMILES string of the molecule is Cc1ccc(C)c(NC(=O)[C@@H](C)OC(=O)c2ccccc2[S@@](C)=O)c1. The number of nitrogens with one attached hydrogen (secondary N) is 1. The van der Waals surface area contributed by atoms with E-state index in [-0.39, 0.29) is 5.56 Å². The lowest BCUT2D eigenvalue weighted by molar-refractivity contribution is -0.123. The van der Waals surface area contributed by atoms with Crippen LogP contribution in [0.4, 0.5) is 5.69 Å². The summed E-state index contributed by atoms with van der Waals surface area (Å²) >= 11 is 0. The lowest BCUT2D eigenvalue weighted by Crippen LogP contribution is -2.30. The molecule has 2 rings (SSSR count). The number of anilines is 1. The van der Waals surface area contributed by atoms with E-state index in [2.05, 4.69) is 5.32 Å². The molecule has 0 saturated heterocycles. The van der Waals surface area contributed by atoms with Crippen LogP contribution >= 0.6 is 0 Å². The van der Waals surface area contributed by atoms with Crippen LogP contribution in [0, 0.1) is 13.8 Å². The molecule has 0 radical (unpaired) electrons. The van der Waals surface area contributed by atoms with Gasteiger partial charge in [0, 0.05) is 11.9 Å². The molecular weight excluding hydrogens is 338 g/mol. The predicted molar refractivity (Wildman–Crippen MR) is 98.2 cm³/mol. The Bertz CT molecular complexity index is 832. The van der Waals surface area contributed by atoms with Gasteiger partial charge < -0.3 is 10.1 Å². The van der Waals surface area contributed by atoms with Gasteiger partial charge in [0.05, 0.1) is 21.3 Å². The molecule has 0 unspecified atom stereocenters. The zero-order valence-corrected chi connectivity index (χ0v) is 15.5. The van der Waals surface area contributed by atoms with Crippen molar-refractivity contribution in [3.8, 4) is 0 Å². The van der Waals surface area contributed by atoms with Crippen LogP contribution < -0.4 is 5.32 Å². The largest absolute Gasteiger partial charge is 0.449 e. The standard InChI is InChI=1S/C19H21NO4S/c1-12-9-10-13(2)16(11-12)20-18(21)14(3)24-19(22)15-7-5-6-8-17(15)25(4)23/h5-11,14H,1-4H3,(H,20,21)/t14-,25-/m1/s1. The van der Waals surface area contributed by atoms with E-state index >= 15 is 0 Å². The second-order valence-corrected chi connectivity index (χ2v) is 7.15. The molecule has 6 heteroatoms. The molecule has 0 spiro atoms. The van der Waals surface area contributed by atoms with E-state index in [1.54, 1.807) is 18.2 Å². The van der Waals surface area contributed by atoms with Crippen molar-refractivity contribution in [2.45, 2.75) is 31.8 Å². The van der Waals surface area contributed by atoms with Crippen LogP contribution in [0.5, 0.6) is 0 Å². The monoisotopic (exact) mass is 359 g/mol. The summed E-state index contributed by atoms with van der Waals surface area (Å²) < 4.78 is 17.0. The normalized spacial score (nSPS) is 13.0. The average Bonchev–Trinajstić information content (AvgIpc) is 2.57. The predicted octanol–water partition coefficient (Wildman–Crippen LogP) is 3.22. The molecule has 0 aliphatic heterocycles. The molecule has 25 heavy (non-hydrogen) atoms. The van der Waals surface area contributed by atoms with Gasteiger partial charge in [0.15, 0.2) is 6.10 Å². The molecule has 0 heterocycles. The number of esters is 1. The van der Waals surface area contributed by atoms with Crippen molar-refractivity contribution in [3.63, 3.8) is 0 Å². The Labute approximate surface area is 149 Å². The average molecular weight is 359 g/mol. The molecule has 0 aliphatic carbocycles. The molecule has 0 bridgehead atoms. The van der Waals surface area contributed by atoms with Crippen molar-refractivity contribution in [1.82, 2.24) is 0 Å². The lowest BCUT2D eigenvalue weighted by Gasteiger charge is -2.16. The summed E-state index contributed by atoms with van der Waals surface area (Å²) in [6.45, 7) is 5.32. The summed E-state index contributed by atoms with van der Waals surface area (Å²) in [6.07, 6.45) is 0.508. The molecule has 2 aromatic rings. The highest BCUT2D eigenvalue weighted by Crippen LogP contribution is 2.18. The number of rotatable bonds is 5. The molecule has 5 nitrogen and oxygen atoms in total. The van der Waals surface area contributed by atoms with E-state index in [1.807, 2.05) is 32.0 Å². The number of amides is 1. The summed E-state index contributed by atoms with van der Waals surface area (Å²) in [5.74, 6) is -1.09. The molecule has 0 aromatic heterocycles. The molecule has 2 aromatic carbocycles. The molecule has 1 amide bonds. The number of hydrogen-bond acceptors (Lipinski definition) is 4. The van der Waals surface area contributed by atoms with Gasteiger partial charge in [-0.05, 0) is 50.1 Å². The first kappa shape index (κ1) is 18.9. The Morgan fingerprint density at radius 1 is 1.12 bits per heavy atom. The maximum Gasteiger partial charge on any atom is 0.340 e. The summed E-state index contributed by atoms with van der Waals surface area (Å²) in [6, 6.07) is 12.2. The van der Waals surface area contributed by atoms with Crippen molar-refractivity contribution >= 4 is 28.4 Å². The van der Waals surface area contributed by atoms with E-state index in [9.17, 15) is 13.8 Å². The fourth-order valence-electron chi connectivity index (χ4n) is 2.27. The molecule has 1 N–H and O–H groups in total. The third-order valence-corrected chi connectivity index (χ3v) is 4.70. The zero-order chi connectivity index (χ0) is 18.6. The number of carbonyl (C=O) groups excluding carboxylic acids is 2. The van der Waals surface area contributed by atoms with Gasteiger partial charge >= 0.3 is 5.97 Å². The van der Waals surface area contributed by atoms with Crippen molar-refractivity contribution in [2.75, 3.05) is 11.6 Å². The smallest absolute Gasteiger partial charge is 0.340 e. The Morgan fingerprint density at radius 2 is 1.80 bits per heavy atom. The van der Waals surface area contributed by atoms with Gasteiger partial charge in [0.1, 0.15) is 0 Å². The van der Waals surface area contributed by atoms with Gasteiger partial charge in [0.25, 0.3) is 5.91 Å². The van der Waals surface area contributed by atoms with Crippen LogP contribution in [0.15, 0.2) is 47.4 Å². The topological polar surface area (TPSA) is 72.5 Å². The molecule has 0 aliphatic rings. The van der Waals surface area contributed by atoms with E-state index < -0.39 is 28.8 Å². The minimum atomic E-state index is -1.33. The van der Waals surface area contributed by atoms with E-state index in [0.29, 0.717) is 10.6 Å². The minimum absolute atomic E-state index is 0.203. The highest BCUT2D eigenvalue weighted by molar-refractivity contribution is 7.84. The fourth-order valence-corrected chi connectivity index (χ4v) is 3.00. The summed E-state index contributed by atoms with van der Waals surface area (Å²) in [7, 11) is -1.33. The number of benzene rings is 2. The molecule has 0 saturated carbocycles. The first-order valence-corrected chi connectivity index (χ1v) is 9.37. The van der Waals surface area contributed by atoms with Gasteiger partial charge in [0.2, 0.25) is 0 Å². The van der Waals surface area contributed by atoms with Crippen molar-refractivity contribution in [1.29, 1.82) is 0 Å². The lowest BCUT2D eigenvalue weighted by atomic mass is 10.1. The number of aryl methyl sites for hydroxylation is 2. The van der Waals surface area contributed by atoms with Crippen LogP contribution in [0.25, 0.3) is 0 Å². The maximum atomic E-state index is 12.3. The van der Waals surface area contributed by atoms with E-state index in [1.165, 1.54) is 19.2 Å². The first-order chi connectivity index (χ1) is 11.8. The summed E-state index contributed by atoms with van der Waals surface area (Å²) in [5, 5.41) is 2.77. The van der Waals surface area contributed by atoms with Crippen molar-refractivity contribution in [2.24, 2.45) is 0 Å². The Balaban J connectivity index is 2.10. The maximum absolute atomic E-state index is 12.3. The van der Waals surface area contributed by atoms with Gasteiger partial charge in [-0.2, -0.15) is 0 Å². The minimum Gasteiger partial charge on any atom is -0.449 e. The highest BCUT2D eigenvalue weighted by atomic mass is 32.2. The number of ether oxygens (including phenoxy) is 1. The van der Waals surface area contributed by atoms with Crippen molar-refractivity contribution < 1.29 is 18.5 Å². The number of hydrogen-bond donors (Lipinski definition) is 1. The molecular formula is C19H21NO4S. The van der Waals surface area contributed by atoms with Crippen molar-refractivity contribution in [3.05, 3.63) is 59.2 Å². The fraction of sp³-hybridized carbons (Fsp3) is 0.263. The van der Waals surface area contributed by atoms with Gasteiger partial charge in [-0.3, -0.25) is 9.00 Å². The second kappa shape index (κ2) is 8.07. The zero-order valence-electron chi connectivity index (χ0n) is 14.7. The molecule has 2 atom stereocenters. The Morgan fingerprint density at radius 3 is 2.48 bits per heavy atom. The van der Waals surface area contributed by atoms with Crippen LogP contribution in [0.1, 0.15) is 28.4 Å². The summed E-state index contributed by atoms with van der Waals surface area (Å²) in [5.41, 5.74) is 2.83. The third kappa shape index (κ3) is 4.76. The van der Waals surface area contributed by atoms with Crippen LogP contribution in [0.3, 0.4) is 0 Å². The summed E-state index contributed by atoms with van der Waals surface area (Å²) in [4.78, 5) is 25.0. The Kier molecular flexibility index (Phi) is 6.09. The first-order valence-electron chi connectivity index (χ1n) is 7.81. The third-order valence-electron chi connectivity index (χ3n) is 3.72. The van der Waals surface area contributed by atoms with Gasteiger partial charge in [-0.25, -0.2) is 4.79 Å². The quantitative estimate of drug-likeness (QED) is 0.832. The number of carbonyl (C=O) groups is 2.